The van der Waals surface area contributed by atoms with Gasteiger partial charge in [0, 0.05) is 18.7 Å². The van der Waals surface area contributed by atoms with Gasteiger partial charge in [-0.05, 0) is 37.0 Å². The molecule has 1 aliphatic rings. The molecule has 0 atom stereocenters. The second-order valence-electron chi connectivity index (χ2n) is 6.40. The van der Waals surface area contributed by atoms with E-state index in [1.807, 2.05) is 17.0 Å². The quantitative estimate of drug-likeness (QED) is 0.649. The molecule has 0 saturated carbocycles. The standard InChI is InChI=1S/C19H21N5OS/c1-2-14-5-7-15(8-6-14)16-9-10-17-20-21-19(24(17)22-16)26-13-18(25)23-11-3-4-12-23/h5-10H,2-4,11-13H2,1H3. The maximum Gasteiger partial charge on any atom is 0.233 e. The number of carbonyl (C=O) groups excluding carboxylic acids is 1. The van der Waals surface area contributed by atoms with E-state index >= 15 is 0 Å². The van der Waals surface area contributed by atoms with E-state index in [0.29, 0.717) is 16.6 Å². The molecular formula is C19H21N5OS. The van der Waals surface area contributed by atoms with Gasteiger partial charge in [-0.3, -0.25) is 4.79 Å². The average Bonchev–Trinajstić information content (AvgIpc) is 3.36. The fourth-order valence-electron chi connectivity index (χ4n) is 3.11. The summed E-state index contributed by atoms with van der Waals surface area (Å²) in [5.41, 5.74) is 3.92. The van der Waals surface area contributed by atoms with Crippen molar-refractivity contribution < 1.29 is 4.79 Å². The first-order chi connectivity index (χ1) is 12.7. The number of aromatic nitrogens is 4. The highest BCUT2D eigenvalue weighted by Crippen LogP contribution is 2.22. The van der Waals surface area contributed by atoms with Gasteiger partial charge in [-0.1, -0.05) is 43.0 Å². The van der Waals surface area contributed by atoms with Crippen molar-refractivity contribution in [3.05, 3.63) is 42.0 Å². The fourth-order valence-corrected chi connectivity index (χ4v) is 3.90. The van der Waals surface area contributed by atoms with Crippen molar-refractivity contribution in [3.8, 4) is 11.3 Å². The Labute approximate surface area is 156 Å². The Bertz CT molecular complexity index is 915. The Morgan fingerprint density at radius 2 is 1.85 bits per heavy atom. The number of hydrogen-bond acceptors (Lipinski definition) is 5. The summed E-state index contributed by atoms with van der Waals surface area (Å²) >= 11 is 1.40. The van der Waals surface area contributed by atoms with Gasteiger partial charge in [0.1, 0.15) is 0 Å². The second kappa shape index (κ2) is 7.45. The summed E-state index contributed by atoms with van der Waals surface area (Å²) in [5.74, 6) is 0.535. The Kier molecular flexibility index (Phi) is 4.88. The summed E-state index contributed by atoms with van der Waals surface area (Å²) in [6.45, 7) is 3.88. The summed E-state index contributed by atoms with van der Waals surface area (Å²) in [6.07, 6.45) is 3.22. The van der Waals surface area contributed by atoms with Crippen molar-refractivity contribution in [3.63, 3.8) is 0 Å². The van der Waals surface area contributed by atoms with Crippen LogP contribution in [0, 0.1) is 0 Å². The number of rotatable bonds is 5. The molecule has 1 aromatic carbocycles. The van der Waals surface area contributed by atoms with Crippen LogP contribution in [-0.2, 0) is 11.2 Å². The number of benzene rings is 1. The molecule has 0 radical (unpaired) electrons. The molecule has 2 aromatic heterocycles. The van der Waals surface area contributed by atoms with Crippen molar-refractivity contribution in [1.82, 2.24) is 24.7 Å². The lowest BCUT2D eigenvalue weighted by molar-refractivity contribution is -0.127. The first-order valence-corrected chi connectivity index (χ1v) is 9.95. The van der Waals surface area contributed by atoms with Crippen molar-refractivity contribution in [2.45, 2.75) is 31.3 Å². The molecule has 0 aliphatic carbocycles. The third-order valence-electron chi connectivity index (χ3n) is 4.68. The molecule has 3 aromatic rings. The molecule has 7 heteroatoms. The SMILES string of the molecule is CCc1ccc(-c2ccc3nnc(SCC(=O)N4CCCC4)n3n2)cc1. The van der Waals surface area contributed by atoms with Gasteiger partial charge >= 0.3 is 0 Å². The summed E-state index contributed by atoms with van der Waals surface area (Å²) in [7, 11) is 0. The lowest BCUT2D eigenvalue weighted by atomic mass is 10.1. The Morgan fingerprint density at radius 3 is 2.58 bits per heavy atom. The summed E-state index contributed by atoms with van der Waals surface area (Å²) in [5, 5.41) is 13.7. The van der Waals surface area contributed by atoms with Gasteiger partial charge in [0.15, 0.2) is 5.65 Å². The van der Waals surface area contributed by atoms with Gasteiger partial charge in [-0.15, -0.1) is 10.2 Å². The van der Waals surface area contributed by atoms with E-state index in [9.17, 15) is 4.79 Å². The van der Waals surface area contributed by atoms with Crippen LogP contribution in [0.15, 0.2) is 41.6 Å². The predicted octanol–water partition coefficient (Wildman–Crippen LogP) is 3.07. The van der Waals surface area contributed by atoms with E-state index in [4.69, 9.17) is 0 Å². The number of nitrogens with zero attached hydrogens (tertiary/aromatic N) is 5. The smallest absolute Gasteiger partial charge is 0.233 e. The van der Waals surface area contributed by atoms with Crippen molar-refractivity contribution in [2.24, 2.45) is 0 Å². The Hall–Kier alpha value is -2.41. The van der Waals surface area contributed by atoms with Crippen LogP contribution in [0.1, 0.15) is 25.3 Å². The maximum atomic E-state index is 12.3. The van der Waals surface area contributed by atoms with Crippen LogP contribution in [0.5, 0.6) is 0 Å². The molecule has 26 heavy (non-hydrogen) atoms. The van der Waals surface area contributed by atoms with Crippen LogP contribution < -0.4 is 0 Å². The molecule has 134 valence electrons. The maximum absolute atomic E-state index is 12.3. The number of aryl methyl sites for hydroxylation is 1. The molecule has 1 aliphatic heterocycles. The lowest BCUT2D eigenvalue weighted by Gasteiger charge is -2.14. The Morgan fingerprint density at radius 1 is 1.08 bits per heavy atom. The van der Waals surface area contributed by atoms with Crippen LogP contribution in [0.3, 0.4) is 0 Å². The van der Waals surface area contributed by atoms with Crippen molar-refractivity contribution in [1.29, 1.82) is 0 Å². The van der Waals surface area contributed by atoms with Crippen LogP contribution in [0.25, 0.3) is 16.9 Å². The third kappa shape index (κ3) is 3.44. The first-order valence-electron chi connectivity index (χ1n) is 8.97. The normalized spacial score (nSPS) is 14.3. The van der Waals surface area contributed by atoms with Crippen LogP contribution >= 0.6 is 11.8 Å². The van der Waals surface area contributed by atoms with E-state index in [-0.39, 0.29) is 5.91 Å². The van der Waals surface area contributed by atoms with Gasteiger partial charge in [-0.25, -0.2) is 0 Å². The molecule has 1 fully saturated rings. The molecule has 6 nitrogen and oxygen atoms in total. The van der Waals surface area contributed by atoms with Crippen LogP contribution in [0.4, 0.5) is 0 Å². The number of hydrogen-bond donors (Lipinski definition) is 0. The van der Waals surface area contributed by atoms with E-state index in [0.717, 1.165) is 43.6 Å². The van der Waals surface area contributed by atoms with E-state index < -0.39 is 0 Å². The Balaban J connectivity index is 1.55. The lowest BCUT2D eigenvalue weighted by Crippen LogP contribution is -2.29. The van der Waals surface area contributed by atoms with E-state index in [1.54, 1.807) is 4.52 Å². The average molecular weight is 367 g/mol. The number of carbonyl (C=O) groups is 1. The minimum Gasteiger partial charge on any atom is -0.342 e. The van der Waals surface area contributed by atoms with Gasteiger partial charge in [0.2, 0.25) is 11.1 Å². The molecule has 0 spiro atoms. The minimum atomic E-state index is 0.163. The molecular weight excluding hydrogens is 346 g/mol. The zero-order valence-corrected chi connectivity index (χ0v) is 15.6. The molecule has 0 bridgehead atoms. The molecule has 1 saturated heterocycles. The van der Waals surface area contributed by atoms with Crippen molar-refractivity contribution >= 4 is 23.3 Å². The van der Waals surface area contributed by atoms with Crippen molar-refractivity contribution in [2.75, 3.05) is 18.8 Å². The zero-order chi connectivity index (χ0) is 17.9. The second-order valence-corrected chi connectivity index (χ2v) is 7.34. The molecule has 0 N–H and O–H groups in total. The number of fused-ring (bicyclic) bond motifs is 1. The van der Waals surface area contributed by atoms with Crippen LogP contribution in [0.2, 0.25) is 0 Å². The summed E-state index contributed by atoms with van der Waals surface area (Å²) in [4.78, 5) is 14.2. The van der Waals surface area contributed by atoms with Gasteiger partial charge in [0.25, 0.3) is 0 Å². The highest BCUT2D eigenvalue weighted by Gasteiger charge is 2.19. The van der Waals surface area contributed by atoms with E-state index in [2.05, 4.69) is 46.5 Å². The molecule has 0 unspecified atom stereocenters. The highest BCUT2D eigenvalue weighted by atomic mass is 32.2. The number of thioether (sulfide) groups is 1. The summed E-state index contributed by atoms with van der Waals surface area (Å²) in [6, 6.07) is 12.3. The minimum absolute atomic E-state index is 0.163. The number of amides is 1. The largest absolute Gasteiger partial charge is 0.342 e. The monoisotopic (exact) mass is 367 g/mol. The van der Waals surface area contributed by atoms with Gasteiger partial charge in [0.05, 0.1) is 11.4 Å². The predicted molar refractivity (Wildman–Crippen MR) is 102 cm³/mol. The van der Waals surface area contributed by atoms with Gasteiger partial charge < -0.3 is 4.90 Å². The van der Waals surface area contributed by atoms with Crippen LogP contribution in [-0.4, -0.2) is 49.5 Å². The molecule has 1 amide bonds. The first kappa shape index (κ1) is 17.0. The number of likely N-dealkylation sites (tertiary alicyclic amines) is 1. The topological polar surface area (TPSA) is 63.4 Å². The van der Waals surface area contributed by atoms with E-state index in [1.165, 1.54) is 17.3 Å². The fraction of sp³-hybridized carbons (Fsp3) is 0.368. The molecule has 4 rings (SSSR count). The zero-order valence-electron chi connectivity index (χ0n) is 14.8. The third-order valence-corrected chi connectivity index (χ3v) is 5.58. The summed E-state index contributed by atoms with van der Waals surface area (Å²) < 4.78 is 1.73. The molecule has 3 heterocycles. The highest BCUT2D eigenvalue weighted by molar-refractivity contribution is 7.99. The van der Waals surface area contributed by atoms with Gasteiger partial charge in [-0.2, -0.15) is 9.61 Å².